The van der Waals surface area contributed by atoms with Gasteiger partial charge in [0.1, 0.15) is 40.7 Å². The normalized spacial score (nSPS) is 12.4. The van der Waals surface area contributed by atoms with Gasteiger partial charge in [-0.15, -0.1) is 0 Å². The van der Waals surface area contributed by atoms with Crippen LogP contribution in [0.15, 0.2) is 94.3 Å². The van der Waals surface area contributed by atoms with Gasteiger partial charge in [-0.2, -0.15) is 15.6 Å². The van der Waals surface area contributed by atoms with Gasteiger partial charge in [0.2, 0.25) is 6.79 Å². The lowest BCUT2D eigenvalue weighted by molar-refractivity contribution is 0.174. The van der Waals surface area contributed by atoms with Crippen LogP contribution in [0.1, 0.15) is 22.6 Å². The lowest BCUT2D eigenvalue weighted by Gasteiger charge is -2.03. The van der Waals surface area contributed by atoms with E-state index in [1.807, 2.05) is 36.4 Å². The molecular weight excluding hydrogens is 509 g/mol. The molecule has 9 heteroatoms. The fourth-order valence-corrected chi connectivity index (χ4v) is 4.23. The number of fused-ring (bicyclic) bond motifs is 1. The number of halogens is 1. The number of furan rings is 1. The van der Waals surface area contributed by atoms with Crippen molar-refractivity contribution in [3.63, 3.8) is 0 Å². The zero-order valence-corrected chi connectivity index (χ0v) is 20.8. The van der Waals surface area contributed by atoms with E-state index in [9.17, 15) is 14.9 Å². The van der Waals surface area contributed by atoms with Crippen LogP contribution in [0.4, 0.5) is 10.2 Å². The molecule has 1 aliphatic rings. The first-order valence-corrected chi connectivity index (χ1v) is 12.1. The van der Waals surface area contributed by atoms with Gasteiger partial charge in [-0.3, -0.25) is 0 Å². The van der Waals surface area contributed by atoms with Crippen molar-refractivity contribution < 1.29 is 18.3 Å². The van der Waals surface area contributed by atoms with Crippen LogP contribution in [-0.2, 0) is 0 Å². The Balaban J connectivity index is 1.43. The molecule has 0 saturated heterocycles. The fraction of sp³-hybridized carbons (Fsp3) is 0.0323. The van der Waals surface area contributed by atoms with Crippen LogP contribution in [0, 0.1) is 28.5 Å². The Bertz CT molecular complexity index is 1870. The van der Waals surface area contributed by atoms with E-state index >= 15 is 0 Å². The third-order valence-corrected chi connectivity index (χ3v) is 6.13. The summed E-state index contributed by atoms with van der Waals surface area (Å²) in [6.07, 6.45) is 3.06. The van der Waals surface area contributed by atoms with Gasteiger partial charge in [0, 0.05) is 12.3 Å². The molecule has 3 aromatic carbocycles. The Morgan fingerprint density at radius 2 is 1.75 bits per heavy atom. The molecule has 0 spiro atoms. The van der Waals surface area contributed by atoms with Crippen LogP contribution >= 0.6 is 0 Å². The topological polar surface area (TPSA) is 109 Å². The second-order valence-electron chi connectivity index (χ2n) is 8.63. The highest BCUT2D eigenvalue weighted by molar-refractivity contribution is 5.92. The minimum atomic E-state index is -0.425. The first kappa shape index (κ1) is 24.4. The number of nitrogens with zero attached hydrogens (tertiary/aromatic N) is 5. The summed E-state index contributed by atoms with van der Waals surface area (Å²) in [7, 11) is 0. The highest BCUT2D eigenvalue weighted by atomic mass is 19.1. The van der Waals surface area contributed by atoms with E-state index in [1.54, 1.807) is 48.7 Å². The van der Waals surface area contributed by atoms with Crippen molar-refractivity contribution in [2.45, 2.75) is 0 Å². The van der Waals surface area contributed by atoms with E-state index in [0.29, 0.717) is 34.3 Å². The van der Waals surface area contributed by atoms with E-state index in [0.717, 1.165) is 5.56 Å². The van der Waals surface area contributed by atoms with Gasteiger partial charge in [0.05, 0.1) is 16.8 Å². The summed E-state index contributed by atoms with van der Waals surface area (Å²) in [5.74, 6) is 1.68. The number of aliphatic imine (C=N–C) groups is 1. The minimum absolute atomic E-state index is 0.0835. The molecule has 0 saturated carbocycles. The molecule has 1 aliphatic heterocycles. The van der Waals surface area contributed by atoms with E-state index < -0.39 is 5.82 Å². The van der Waals surface area contributed by atoms with Crippen LogP contribution in [0.3, 0.4) is 0 Å². The Hall–Kier alpha value is -5.93. The SMILES string of the molecule is N#C/C(=C\c1ccc(-c2ccccc2F)o1)c1nn(-c2ccccc2)c(N=Cc2ccc3c(c2)OCO3)c1C#N. The number of para-hydroxylation sites is 1. The molecule has 0 aliphatic carbocycles. The van der Waals surface area contributed by atoms with Crippen molar-refractivity contribution in [3.05, 3.63) is 113 Å². The van der Waals surface area contributed by atoms with E-state index in [2.05, 4.69) is 22.2 Å². The first-order valence-electron chi connectivity index (χ1n) is 12.1. The molecular formula is C31H18FN5O3. The Labute approximate surface area is 228 Å². The van der Waals surface area contributed by atoms with Gasteiger partial charge in [0.25, 0.3) is 0 Å². The number of hydrogen-bond donors (Lipinski definition) is 0. The van der Waals surface area contributed by atoms with Crippen LogP contribution in [0.5, 0.6) is 11.5 Å². The van der Waals surface area contributed by atoms with Gasteiger partial charge in [-0.1, -0.05) is 30.3 Å². The van der Waals surface area contributed by atoms with Gasteiger partial charge in [0.15, 0.2) is 17.3 Å². The standard InChI is InChI=1S/C31H18FN5O3/c32-26-9-5-4-8-24(26)27-13-11-23(40-27)15-21(16-33)30-25(17-34)31(37(36-30)22-6-2-1-3-7-22)35-18-20-10-12-28-29(14-20)39-19-38-28/h1-15,18H,19H2/b21-15+,35-18?. The van der Waals surface area contributed by atoms with Crippen LogP contribution in [0.2, 0.25) is 0 Å². The Kier molecular flexibility index (Phi) is 6.37. The molecule has 0 unspecified atom stereocenters. The molecule has 0 radical (unpaired) electrons. The molecule has 3 heterocycles. The Morgan fingerprint density at radius 3 is 2.55 bits per heavy atom. The third-order valence-electron chi connectivity index (χ3n) is 6.13. The number of rotatable bonds is 6. The van der Waals surface area contributed by atoms with E-state index in [4.69, 9.17) is 13.9 Å². The van der Waals surface area contributed by atoms with Crippen LogP contribution in [0.25, 0.3) is 28.7 Å². The maximum atomic E-state index is 14.2. The molecule has 0 atom stereocenters. The fourth-order valence-electron chi connectivity index (χ4n) is 4.23. The maximum Gasteiger partial charge on any atom is 0.231 e. The van der Waals surface area contributed by atoms with Gasteiger partial charge < -0.3 is 13.9 Å². The summed E-state index contributed by atoms with van der Waals surface area (Å²) in [5.41, 5.74) is 2.00. The number of benzene rings is 3. The number of ether oxygens (including phenoxy) is 2. The zero-order valence-electron chi connectivity index (χ0n) is 20.8. The molecule has 8 nitrogen and oxygen atoms in total. The summed E-state index contributed by atoms with van der Waals surface area (Å²) in [6.45, 7) is 0.152. The average molecular weight is 528 g/mol. The van der Waals surface area contributed by atoms with E-state index in [1.165, 1.54) is 16.8 Å². The predicted molar refractivity (Wildman–Crippen MR) is 146 cm³/mol. The highest BCUT2D eigenvalue weighted by Crippen LogP contribution is 2.34. The zero-order chi connectivity index (χ0) is 27.5. The third kappa shape index (κ3) is 4.60. The van der Waals surface area contributed by atoms with Crippen molar-refractivity contribution >= 4 is 23.7 Å². The lowest BCUT2D eigenvalue weighted by atomic mass is 10.1. The first-order chi connectivity index (χ1) is 19.6. The Morgan fingerprint density at radius 1 is 0.950 bits per heavy atom. The van der Waals surface area contributed by atoms with E-state index in [-0.39, 0.29) is 29.4 Å². The summed E-state index contributed by atoms with van der Waals surface area (Å²) in [4.78, 5) is 4.60. The molecule has 0 fully saturated rings. The molecule has 192 valence electrons. The average Bonchev–Trinajstić information content (AvgIpc) is 3.73. The molecule has 0 N–H and O–H groups in total. The van der Waals surface area contributed by atoms with Crippen molar-refractivity contribution in [1.29, 1.82) is 10.5 Å². The lowest BCUT2D eigenvalue weighted by Crippen LogP contribution is -1.97. The van der Waals surface area contributed by atoms with Gasteiger partial charge >= 0.3 is 0 Å². The summed E-state index contributed by atoms with van der Waals surface area (Å²) < 4.78 is 32.4. The van der Waals surface area contributed by atoms with Crippen molar-refractivity contribution in [2.24, 2.45) is 4.99 Å². The van der Waals surface area contributed by atoms with Crippen molar-refractivity contribution in [1.82, 2.24) is 9.78 Å². The molecule has 6 rings (SSSR count). The summed E-state index contributed by atoms with van der Waals surface area (Å²) in [5, 5.41) is 24.8. The van der Waals surface area contributed by atoms with Crippen molar-refractivity contribution in [3.8, 4) is 40.6 Å². The number of allylic oxidation sites excluding steroid dienone is 1. The number of hydrogen-bond acceptors (Lipinski definition) is 7. The second kappa shape index (κ2) is 10.4. The molecule has 0 bridgehead atoms. The summed E-state index contributed by atoms with van der Waals surface area (Å²) >= 11 is 0. The van der Waals surface area contributed by atoms with Crippen LogP contribution in [-0.4, -0.2) is 22.8 Å². The predicted octanol–water partition coefficient (Wildman–Crippen LogP) is 6.69. The monoisotopic (exact) mass is 527 g/mol. The van der Waals surface area contributed by atoms with Gasteiger partial charge in [-0.25, -0.2) is 14.1 Å². The van der Waals surface area contributed by atoms with Crippen LogP contribution < -0.4 is 9.47 Å². The quantitative estimate of drug-likeness (QED) is 0.180. The maximum absolute atomic E-state index is 14.2. The largest absolute Gasteiger partial charge is 0.457 e. The van der Waals surface area contributed by atoms with Crippen molar-refractivity contribution in [2.75, 3.05) is 6.79 Å². The molecule has 0 amide bonds. The molecule has 40 heavy (non-hydrogen) atoms. The smallest absolute Gasteiger partial charge is 0.231 e. The number of aromatic nitrogens is 2. The summed E-state index contributed by atoms with van der Waals surface area (Å²) in [6, 6.07) is 28.3. The second-order valence-corrected chi connectivity index (χ2v) is 8.63. The number of nitriles is 2. The van der Waals surface area contributed by atoms with Gasteiger partial charge in [-0.05, 0) is 60.2 Å². The molecule has 5 aromatic rings. The molecule has 2 aromatic heterocycles. The highest BCUT2D eigenvalue weighted by Gasteiger charge is 2.22. The minimum Gasteiger partial charge on any atom is -0.457 e.